The van der Waals surface area contributed by atoms with Crippen LogP contribution in [0.15, 0.2) is 12.3 Å². The van der Waals surface area contributed by atoms with Gasteiger partial charge in [-0.3, -0.25) is 50.6 Å². The Morgan fingerprint density at radius 1 is 0.532 bits per heavy atom. The molecule has 0 spiro atoms. The van der Waals surface area contributed by atoms with E-state index in [2.05, 4.69) is 40.8 Å². The molecule has 368 valence electrons. The smallest absolute Gasteiger partial charge is 0.395 e. The molecule has 8 atom stereocenters. The van der Waals surface area contributed by atoms with Gasteiger partial charge in [0.1, 0.15) is 19.1 Å². The molecule has 2 aliphatic rings. The Hall–Kier alpha value is -0.230. The molecule has 2 aliphatic carbocycles. The Balaban J connectivity index is 1.68. The van der Waals surface area contributed by atoms with E-state index in [1.165, 1.54) is 20.2 Å². The summed E-state index contributed by atoms with van der Waals surface area (Å²) in [5, 5.41) is 29.2. The third-order valence-electron chi connectivity index (χ3n) is 8.45. The van der Waals surface area contributed by atoms with Crippen LogP contribution in [0.25, 0.3) is 0 Å². The lowest BCUT2D eigenvalue weighted by Crippen LogP contribution is -2.35. The molecule has 0 radical (unpaired) electrons. The molecule has 62 heavy (non-hydrogen) atoms. The quantitative estimate of drug-likeness (QED) is 0.0110. The van der Waals surface area contributed by atoms with Crippen LogP contribution < -0.4 is 16.0 Å². The molecule has 29 nitrogen and oxygen atoms in total. The number of nitrogens with one attached hydrogen (secondary N) is 3. The highest BCUT2D eigenvalue weighted by molar-refractivity contribution is 7.48. The first-order valence-electron chi connectivity index (χ1n) is 19.0. The number of rotatable bonds is 35. The summed E-state index contributed by atoms with van der Waals surface area (Å²) in [7, 11) is -19.0. The maximum atomic E-state index is 12.8. The van der Waals surface area contributed by atoms with E-state index >= 15 is 0 Å². The van der Waals surface area contributed by atoms with E-state index in [0.717, 1.165) is 6.26 Å². The van der Waals surface area contributed by atoms with Crippen LogP contribution in [0.3, 0.4) is 0 Å². The molecule has 0 aromatic heterocycles. The average molecular weight is 1010 g/mol. The maximum Gasteiger partial charge on any atom is 0.474 e. The van der Waals surface area contributed by atoms with E-state index in [4.69, 9.17) is 45.2 Å². The minimum atomic E-state index is -4.81. The Bertz CT molecular complexity index is 1520. The monoisotopic (exact) mass is 1010 g/mol. The van der Waals surface area contributed by atoms with Gasteiger partial charge in [-0.2, -0.15) is 0 Å². The molecular weight excluding hydrogens is 949 g/mol. The number of aliphatic hydroxyl groups excluding tert-OH is 1. The molecule has 0 aromatic carbocycles. The predicted molar refractivity (Wildman–Crippen MR) is 207 cm³/mol. The molecule has 0 saturated heterocycles. The van der Waals surface area contributed by atoms with Crippen LogP contribution in [-0.4, -0.2) is 140 Å². The fraction of sp³-hybridized carbons (Fsp3) is 0.929. The standard InChI is InChI=1S/C28H60N3O26P5/c1-5-14-43-55-57-56-44-15-16-45-58(33,34)46-19-23(30-3)20-48-60(37,38)51-25-10-12-27(13-11-25)53-62(41,42)54-28(31-4)21-49-61(39,40)52-26-8-6-24(7-9-26)50-59(35,36)47-18-22(17-32)29-2/h5,14,22-32H,6-13,15-21H2,1-4H3,(H,33,34)(H,35,36)(H,37,38)(H,39,40)(H,41,42)/b14-5+. The molecular formula is C28H60N3O26P5. The Morgan fingerprint density at radius 2 is 0.952 bits per heavy atom. The normalized spacial score (nSPS) is 26.4. The van der Waals surface area contributed by atoms with Gasteiger partial charge in [-0.05, 0) is 90.5 Å². The van der Waals surface area contributed by atoms with Crippen molar-refractivity contribution in [3.8, 4) is 0 Å². The van der Waals surface area contributed by atoms with Gasteiger partial charge in [0, 0.05) is 10.1 Å². The van der Waals surface area contributed by atoms with Gasteiger partial charge in [-0.25, -0.2) is 27.7 Å². The van der Waals surface area contributed by atoms with Crippen LogP contribution in [0.1, 0.15) is 58.3 Å². The van der Waals surface area contributed by atoms with E-state index in [1.807, 2.05) is 0 Å². The van der Waals surface area contributed by atoms with E-state index in [-0.39, 0.29) is 64.6 Å². The predicted octanol–water partition coefficient (Wildman–Crippen LogP) is 2.27. The number of phosphoric ester groups is 5. The van der Waals surface area contributed by atoms with Crippen LogP contribution in [-0.2, 0) is 93.0 Å². The summed E-state index contributed by atoms with van der Waals surface area (Å²) in [4.78, 5) is 59.5. The number of likely N-dealkylation sites (N-methyl/N-ethyl adjacent to an activating group) is 3. The van der Waals surface area contributed by atoms with Crippen LogP contribution in [0.2, 0.25) is 0 Å². The van der Waals surface area contributed by atoms with E-state index in [0.29, 0.717) is 0 Å². The van der Waals surface area contributed by atoms with Gasteiger partial charge in [0.25, 0.3) is 0 Å². The molecule has 8 unspecified atom stereocenters. The number of aliphatic hydroxyl groups is 1. The lowest BCUT2D eigenvalue weighted by molar-refractivity contribution is -0.700. The van der Waals surface area contributed by atoms with Gasteiger partial charge in [-0.1, -0.05) is 0 Å². The summed E-state index contributed by atoms with van der Waals surface area (Å²) in [5.74, 6) is 0. The fourth-order valence-electron chi connectivity index (χ4n) is 5.22. The van der Waals surface area contributed by atoms with Gasteiger partial charge in [0.2, 0.25) is 0 Å². The minimum Gasteiger partial charge on any atom is -0.395 e. The highest BCUT2D eigenvalue weighted by Crippen LogP contribution is 2.53. The summed E-state index contributed by atoms with van der Waals surface area (Å²) in [5.41, 5.74) is 0. The Labute approximate surface area is 357 Å². The highest BCUT2D eigenvalue weighted by Gasteiger charge is 2.38. The van der Waals surface area contributed by atoms with E-state index in [9.17, 15) is 52.4 Å². The first-order valence-corrected chi connectivity index (χ1v) is 26.4. The molecule has 2 rings (SSSR count). The molecule has 0 amide bonds. The topological polar surface area (TPSA) is 381 Å². The van der Waals surface area contributed by atoms with Crippen LogP contribution >= 0.6 is 39.1 Å². The van der Waals surface area contributed by atoms with Crippen LogP contribution in [0, 0.1) is 0 Å². The van der Waals surface area contributed by atoms with Crippen molar-refractivity contribution in [3.05, 3.63) is 12.3 Å². The van der Waals surface area contributed by atoms with Crippen molar-refractivity contribution in [2.24, 2.45) is 0 Å². The molecule has 2 saturated carbocycles. The summed E-state index contributed by atoms with van der Waals surface area (Å²) in [6.07, 6.45) is -0.871. The zero-order valence-corrected chi connectivity index (χ0v) is 38.9. The lowest BCUT2D eigenvalue weighted by Gasteiger charge is -2.31. The highest BCUT2D eigenvalue weighted by atomic mass is 31.2. The van der Waals surface area contributed by atoms with Crippen molar-refractivity contribution < 1.29 is 123 Å². The second kappa shape index (κ2) is 29.5. The zero-order chi connectivity index (χ0) is 46.3. The van der Waals surface area contributed by atoms with Crippen molar-refractivity contribution in [1.29, 1.82) is 0 Å². The first kappa shape index (κ1) is 57.9. The molecule has 0 aliphatic heterocycles. The van der Waals surface area contributed by atoms with Crippen LogP contribution in [0.5, 0.6) is 0 Å². The maximum absolute atomic E-state index is 12.8. The molecule has 2 fully saturated rings. The van der Waals surface area contributed by atoms with Crippen molar-refractivity contribution in [2.75, 3.05) is 67.4 Å². The summed E-state index contributed by atoms with van der Waals surface area (Å²) >= 11 is 0. The number of phosphoric acid groups is 5. The largest absolute Gasteiger partial charge is 0.474 e. The third kappa shape index (κ3) is 26.2. The molecule has 0 aromatic rings. The minimum absolute atomic E-state index is 0.0946. The molecule has 0 bridgehead atoms. The molecule has 0 heterocycles. The van der Waals surface area contributed by atoms with E-state index < -0.39 is 115 Å². The number of hydrogen-bond acceptors (Lipinski definition) is 24. The molecule has 34 heteroatoms. The van der Waals surface area contributed by atoms with Crippen molar-refractivity contribution in [3.63, 3.8) is 0 Å². The third-order valence-corrected chi connectivity index (χ3v) is 13.6. The van der Waals surface area contributed by atoms with Gasteiger partial charge in [-0.15, -0.1) is 0 Å². The first-order chi connectivity index (χ1) is 29.1. The lowest BCUT2D eigenvalue weighted by atomic mass is 9.95. The van der Waals surface area contributed by atoms with Crippen molar-refractivity contribution in [1.82, 2.24) is 16.0 Å². The Morgan fingerprint density at radius 3 is 1.37 bits per heavy atom. The average Bonchev–Trinajstić information content (AvgIpc) is 3.20. The molecule has 9 N–H and O–H groups in total. The van der Waals surface area contributed by atoms with E-state index in [1.54, 1.807) is 14.0 Å². The SMILES string of the molecule is C/C=C/OOOOOCCOP(=O)(O)OCC(COP(=O)(O)OC1CCC(OP(=O)(O)OC(COP(=O)(O)OC2CCC(OP(=O)(O)OCC(CO)NC)CC2)NC)CC1)NC. The summed E-state index contributed by atoms with van der Waals surface area (Å²) in [6, 6.07) is -1.45. The zero-order valence-electron chi connectivity index (χ0n) is 34.4. The van der Waals surface area contributed by atoms with Crippen molar-refractivity contribution >= 4 is 39.1 Å². The van der Waals surface area contributed by atoms with Gasteiger partial charge < -0.3 is 45.1 Å². The second-order valence-electron chi connectivity index (χ2n) is 13.2. The summed E-state index contributed by atoms with van der Waals surface area (Å²) < 4.78 is 113. The van der Waals surface area contributed by atoms with Crippen LogP contribution in [0.4, 0.5) is 0 Å². The van der Waals surface area contributed by atoms with Gasteiger partial charge in [0.15, 0.2) is 0 Å². The second-order valence-corrected chi connectivity index (χ2v) is 20.2. The number of allylic oxidation sites excluding steroid dienone is 1. The fourth-order valence-corrected chi connectivity index (χ4v) is 10.1. The number of hydrogen-bond donors (Lipinski definition) is 9. The van der Waals surface area contributed by atoms with Gasteiger partial charge >= 0.3 is 39.1 Å². The van der Waals surface area contributed by atoms with Crippen molar-refractivity contribution in [2.45, 2.75) is 101 Å². The van der Waals surface area contributed by atoms with Gasteiger partial charge in [0.05, 0.1) is 76.1 Å². The summed E-state index contributed by atoms with van der Waals surface area (Å²) in [6.45, 7) is -1.55. The Kier molecular flexibility index (Phi) is 27.6.